The topological polar surface area (TPSA) is 61.9 Å². The molecule has 0 saturated carbocycles. The molecule has 7 heteroatoms. The zero-order chi connectivity index (χ0) is 21.5. The number of halogens is 1. The van der Waals surface area contributed by atoms with E-state index in [1.807, 2.05) is 24.3 Å². The molecule has 1 heterocycles. The van der Waals surface area contributed by atoms with Crippen molar-refractivity contribution >= 4 is 17.6 Å². The van der Waals surface area contributed by atoms with Crippen LogP contribution in [0.3, 0.4) is 0 Å². The van der Waals surface area contributed by atoms with E-state index in [2.05, 4.69) is 19.2 Å². The quantitative estimate of drug-likeness (QED) is 0.798. The van der Waals surface area contributed by atoms with Gasteiger partial charge in [0.1, 0.15) is 11.6 Å². The molecule has 1 aliphatic heterocycles. The summed E-state index contributed by atoms with van der Waals surface area (Å²) in [7, 11) is 0. The zero-order valence-corrected chi connectivity index (χ0v) is 17.4. The number of urea groups is 1. The molecule has 1 aliphatic rings. The van der Waals surface area contributed by atoms with Gasteiger partial charge in [0, 0.05) is 31.7 Å². The van der Waals surface area contributed by atoms with Crippen molar-refractivity contribution in [3.05, 3.63) is 59.9 Å². The Morgan fingerprint density at radius 2 is 1.67 bits per heavy atom. The van der Waals surface area contributed by atoms with Gasteiger partial charge in [0.05, 0.1) is 12.3 Å². The molecule has 1 saturated heterocycles. The summed E-state index contributed by atoms with van der Waals surface area (Å²) in [5.74, 6) is 0.499. The van der Waals surface area contributed by atoms with Gasteiger partial charge < -0.3 is 19.9 Å². The summed E-state index contributed by atoms with van der Waals surface area (Å²) in [4.78, 5) is 28.9. The lowest BCUT2D eigenvalue weighted by molar-refractivity contribution is 0.0762. The highest BCUT2D eigenvalue weighted by molar-refractivity contribution is 5.94. The fourth-order valence-corrected chi connectivity index (χ4v) is 3.25. The van der Waals surface area contributed by atoms with E-state index in [1.54, 1.807) is 9.80 Å². The molecule has 3 rings (SSSR count). The van der Waals surface area contributed by atoms with E-state index in [0.717, 1.165) is 0 Å². The maximum atomic E-state index is 13.1. The van der Waals surface area contributed by atoms with Crippen molar-refractivity contribution in [3.63, 3.8) is 0 Å². The number of benzene rings is 2. The highest BCUT2D eigenvalue weighted by atomic mass is 19.1. The fraction of sp³-hybridized carbons (Fsp3) is 0.391. The predicted molar refractivity (Wildman–Crippen MR) is 114 cm³/mol. The molecule has 0 unspecified atom stereocenters. The maximum absolute atomic E-state index is 13.1. The number of nitrogens with zero attached hydrogens (tertiary/aromatic N) is 2. The molecule has 6 nitrogen and oxygen atoms in total. The minimum Gasteiger partial charge on any atom is -0.491 e. The zero-order valence-electron chi connectivity index (χ0n) is 17.4. The van der Waals surface area contributed by atoms with Crippen LogP contribution in [0.2, 0.25) is 0 Å². The van der Waals surface area contributed by atoms with Crippen LogP contribution in [0.25, 0.3) is 0 Å². The average Bonchev–Trinajstić information content (AvgIpc) is 2.99. The van der Waals surface area contributed by atoms with Crippen LogP contribution in [0.4, 0.5) is 14.9 Å². The van der Waals surface area contributed by atoms with Crippen LogP contribution < -0.4 is 10.1 Å². The summed E-state index contributed by atoms with van der Waals surface area (Å²) in [6.45, 7) is 6.65. The molecule has 3 amide bonds. The molecule has 0 bridgehead atoms. The van der Waals surface area contributed by atoms with Crippen molar-refractivity contribution in [2.75, 3.05) is 38.1 Å². The predicted octanol–water partition coefficient (Wildman–Crippen LogP) is 4.24. The van der Waals surface area contributed by atoms with Gasteiger partial charge in [-0.25, -0.2) is 9.18 Å². The standard InChI is InChI=1S/C23H28FN3O3/c1-17(2)16-30-21-7-4-3-6-20(21)25-23(29)27-13-5-12-26(14-15-27)22(28)18-8-10-19(24)11-9-18/h3-4,6-11,17H,5,12-16H2,1-2H3,(H,25,29). The number of rotatable bonds is 5. The minimum absolute atomic E-state index is 0.148. The van der Waals surface area contributed by atoms with Gasteiger partial charge in [-0.3, -0.25) is 4.79 Å². The number of hydrogen-bond donors (Lipinski definition) is 1. The average molecular weight is 413 g/mol. The molecule has 1 fully saturated rings. The first-order valence-corrected chi connectivity index (χ1v) is 10.3. The number of ether oxygens (including phenoxy) is 1. The Morgan fingerprint density at radius 1 is 1.00 bits per heavy atom. The van der Waals surface area contributed by atoms with Crippen LogP contribution in [0.1, 0.15) is 30.6 Å². The first-order valence-electron chi connectivity index (χ1n) is 10.3. The molecule has 2 aromatic rings. The number of carbonyl (C=O) groups excluding carboxylic acids is 2. The summed E-state index contributed by atoms with van der Waals surface area (Å²) < 4.78 is 18.9. The highest BCUT2D eigenvalue weighted by Crippen LogP contribution is 2.25. The van der Waals surface area contributed by atoms with Gasteiger partial charge in [-0.15, -0.1) is 0 Å². The minimum atomic E-state index is -0.372. The van der Waals surface area contributed by atoms with Crippen molar-refractivity contribution in [2.45, 2.75) is 20.3 Å². The summed E-state index contributed by atoms with van der Waals surface area (Å²) in [6, 6.07) is 12.7. The molecule has 0 radical (unpaired) electrons. The Kier molecular flexibility index (Phi) is 7.27. The number of hydrogen-bond acceptors (Lipinski definition) is 3. The second kappa shape index (κ2) is 10.1. The maximum Gasteiger partial charge on any atom is 0.322 e. The molecule has 30 heavy (non-hydrogen) atoms. The fourth-order valence-electron chi connectivity index (χ4n) is 3.25. The van der Waals surface area contributed by atoms with Crippen LogP contribution in [0.5, 0.6) is 5.75 Å². The Labute approximate surface area is 176 Å². The molecule has 0 aromatic heterocycles. The first-order chi connectivity index (χ1) is 14.4. The van der Waals surface area contributed by atoms with E-state index >= 15 is 0 Å². The lowest BCUT2D eigenvalue weighted by Gasteiger charge is -2.23. The summed E-state index contributed by atoms with van der Waals surface area (Å²) in [6.07, 6.45) is 0.672. The van der Waals surface area contributed by atoms with E-state index in [0.29, 0.717) is 62.1 Å². The van der Waals surface area contributed by atoms with E-state index in [1.165, 1.54) is 24.3 Å². The van der Waals surface area contributed by atoms with Crippen molar-refractivity contribution in [1.29, 1.82) is 0 Å². The van der Waals surface area contributed by atoms with E-state index in [9.17, 15) is 14.0 Å². The first kappa shape index (κ1) is 21.6. The van der Waals surface area contributed by atoms with Gasteiger partial charge in [0.25, 0.3) is 5.91 Å². The monoisotopic (exact) mass is 413 g/mol. The Hall–Kier alpha value is -3.09. The smallest absolute Gasteiger partial charge is 0.322 e. The van der Waals surface area contributed by atoms with E-state index < -0.39 is 0 Å². The molecular weight excluding hydrogens is 385 g/mol. The third-order valence-corrected chi connectivity index (χ3v) is 4.86. The molecule has 0 spiro atoms. The Bertz CT molecular complexity index is 870. The van der Waals surface area contributed by atoms with Crippen LogP contribution in [0.15, 0.2) is 48.5 Å². The second-order valence-electron chi connectivity index (χ2n) is 7.77. The summed E-state index contributed by atoms with van der Waals surface area (Å²) in [5.41, 5.74) is 1.08. The van der Waals surface area contributed by atoms with Crippen LogP contribution in [0, 0.1) is 11.7 Å². The molecule has 0 aliphatic carbocycles. The molecule has 1 N–H and O–H groups in total. The van der Waals surface area contributed by atoms with Crippen LogP contribution in [-0.4, -0.2) is 54.5 Å². The molecule has 2 aromatic carbocycles. The largest absolute Gasteiger partial charge is 0.491 e. The van der Waals surface area contributed by atoms with Crippen molar-refractivity contribution in [1.82, 2.24) is 9.80 Å². The molecule has 160 valence electrons. The number of carbonyl (C=O) groups is 2. The Balaban J connectivity index is 1.59. The van der Waals surface area contributed by atoms with Gasteiger partial charge in [-0.2, -0.15) is 0 Å². The van der Waals surface area contributed by atoms with Gasteiger partial charge in [0.2, 0.25) is 0 Å². The summed E-state index contributed by atoms with van der Waals surface area (Å²) >= 11 is 0. The number of para-hydroxylation sites is 2. The lowest BCUT2D eigenvalue weighted by atomic mass is 10.2. The van der Waals surface area contributed by atoms with Crippen LogP contribution in [-0.2, 0) is 0 Å². The van der Waals surface area contributed by atoms with Gasteiger partial charge >= 0.3 is 6.03 Å². The normalized spacial score (nSPS) is 14.4. The number of nitrogens with one attached hydrogen (secondary N) is 1. The van der Waals surface area contributed by atoms with Crippen molar-refractivity contribution in [3.8, 4) is 5.75 Å². The van der Waals surface area contributed by atoms with Crippen molar-refractivity contribution in [2.24, 2.45) is 5.92 Å². The second-order valence-corrected chi connectivity index (χ2v) is 7.77. The third kappa shape index (κ3) is 5.72. The summed E-state index contributed by atoms with van der Waals surface area (Å²) in [5, 5.41) is 2.93. The third-order valence-electron chi connectivity index (χ3n) is 4.86. The molecular formula is C23H28FN3O3. The van der Waals surface area contributed by atoms with Crippen molar-refractivity contribution < 1.29 is 18.7 Å². The van der Waals surface area contributed by atoms with Gasteiger partial charge in [-0.1, -0.05) is 26.0 Å². The highest BCUT2D eigenvalue weighted by Gasteiger charge is 2.23. The van der Waals surface area contributed by atoms with E-state index in [-0.39, 0.29) is 17.8 Å². The van der Waals surface area contributed by atoms with Gasteiger partial charge in [0.15, 0.2) is 0 Å². The molecule has 0 atom stereocenters. The lowest BCUT2D eigenvalue weighted by Crippen LogP contribution is -2.39. The van der Waals surface area contributed by atoms with E-state index in [4.69, 9.17) is 4.74 Å². The Morgan fingerprint density at radius 3 is 2.40 bits per heavy atom. The van der Waals surface area contributed by atoms with Crippen LogP contribution >= 0.6 is 0 Å². The number of amides is 3. The SMILES string of the molecule is CC(C)COc1ccccc1NC(=O)N1CCCN(C(=O)c2ccc(F)cc2)CC1. The van der Waals surface area contributed by atoms with Gasteiger partial charge in [-0.05, 0) is 48.7 Å². The number of anilines is 1.